The van der Waals surface area contributed by atoms with Crippen molar-refractivity contribution >= 4 is 16.0 Å². The van der Waals surface area contributed by atoms with Gasteiger partial charge in [0.05, 0.1) is 10.8 Å². The summed E-state index contributed by atoms with van der Waals surface area (Å²) in [5.41, 5.74) is 0.841. The van der Waals surface area contributed by atoms with Gasteiger partial charge in [-0.3, -0.25) is 4.79 Å². The fourth-order valence-electron chi connectivity index (χ4n) is 2.94. The fourth-order valence-corrected chi connectivity index (χ4v) is 4.53. The Morgan fingerprint density at radius 1 is 1.14 bits per heavy atom. The number of hydrogen-bond acceptors (Lipinski definition) is 3. The zero-order chi connectivity index (χ0) is 15.7. The van der Waals surface area contributed by atoms with E-state index in [0.717, 1.165) is 18.4 Å². The van der Waals surface area contributed by atoms with Gasteiger partial charge in [0, 0.05) is 6.04 Å². The molecule has 0 heterocycles. The molecule has 0 spiro atoms. The predicted octanol–water partition coefficient (Wildman–Crippen LogP) is 2.26. The fraction of sp³-hybridized carbons (Fsp3) is 0.438. The lowest BCUT2D eigenvalue weighted by molar-refractivity contribution is -0.142. The van der Waals surface area contributed by atoms with E-state index in [0.29, 0.717) is 18.8 Å². The third-order valence-corrected chi connectivity index (χ3v) is 5.85. The van der Waals surface area contributed by atoms with Crippen LogP contribution in [0.5, 0.6) is 0 Å². The summed E-state index contributed by atoms with van der Waals surface area (Å²) >= 11 is 0. The monoisotopic (exact) mass is 321 g/mol. The second-order valence-corrected chi connectivity index (χ2v) is 7.61. The van der Waals surface area contributed by atoms with Crippen LogP contribution in [-0.4, -0.2) is 25.5 Å². The van der Waals surface area contributed by atoms with Crippen molar-refractivity contribution < 1.29 is 18.3 Å². The average Bonchev–Trinajstić information content (AvgIpc) is 3.32. The number of carboxylic acid groups (broad SMARTS) is 1. The lowest BCUT2D eigenvalue weighted by Gasteiger charge is -2.26. The second kappa shape index (κ2) is 5.85. The highest BCUT2D eigenvalue weighted by molar-refractivity contribution is 7.89. The van der Waals surface area contributed by atoms with E-state index in [1.807, 2.05) is 18.2 Å². The van der Waals surface area contributed by atoms with Crippen molar-refractivity contribution in [2.75, 3.05) is 0 Å². The zero-order valence-electron chi connectivity index (χ0n) is 12.1. The van der Waals surface area contributed by atoms with Crippen molar-refractivity contribution in [1.82, 2.24) is 4.72 Å². The Bertz CT molecular complexity index is 707. The van der Waals surface area contributed by atoms with Crippen molar-refractivity contribution in [2.24, 2.45) is 5.92 Å². The third-order valence-electron chi connectivity index (χ3n) is 4.28. The number of aliphatic carboxylic acids is 1. The normalized spacial score (nSPS) is 25.1. The molecule has 0 aromatic heterocycles. The van der Waals surface area contributed by atoms with E-state index in [9.17, 15) is 18.3 Å². The molecule has 0 bridgehead atoms. The molecule has 22 heavy (non-hydrogen) atoms. The molecule has 1 aromatic carbocycles. The van der Waals surface area contributed by atoms with Gasteiger partial charge in [-0.15, -0.1) is 0 Å². The molecular weight excluding hydrogens is 302 g/mol. The van der Waals surface area contributed by atoms with Gasteiger partial charge in [-0.05, 0) is 43.2 Å². The molecule has 118 valence electrons. The van der Waals surface area contributed by atoms with E-state index in [2.05, 4.69) is 4.72 Å². The SMILES string of the molecule is O=C(O)[C@@H]1CC=CC[C@@H]1NS(=O)(=O)c1ccccc1C1CC1. The maximum atomic E-state index is 12.7. The number of rotatable bonds is 5. The molecule has 0 radical (unpaired) electrons. The first kappa shape index (κ1) is 15.2. The van der Waals surface area contributed by atoms with Gasteiger partial charge in [0.2, 0.25) is 10.0 Å². The van der Waals surface area contributed by atoms with E-state index in [4.69, 9.17) is 0 Å². The first-order chi connectivity index (χ1) is 10.5. The Morgan fingerprint density at radius 3 is 2.50 bits per heavy atom. The number of benzene rings is 1. The van der Waals surface area contributed by atoms with Crippen molar-refractivity contribution in [2.45, 2.75) is 42.5 Å². The van der Waals surface area contributed by atoms with Gasteiger partial charge in [-0.1, -0.05) is 30.4 Å². The molecular formula is C16H19NO4S. The summed E-state index contributed by atoms with van der Waals surface area (Å²) in [5, 5.41) is 9.26. The van der Waals surface area contributed by atoms with Crippen molar-refractivity contribution in [3.63, 3.8) is 0 Å². The van der Waals surface area contributed by atoms with Crippen LogP contribution in [0.4, 0.5) is 0 Å². The van der Waals surface area contributed by atoms with Gasteiger partial charge in [0.15, 0.2) is 0 Å². The molecule has 2 atom stereocenters. The van der Waals surface area contributed by atoms with Crippen LogP contribution in [0, 0.1) is 5.92 Å². The topological polar surface area (TPSA) is 83.5 Å². The smallest absolute Gasteiger partial charge is 0.308 e. The Balaban J connectivity index is 1.87. The van der Waals surface area contributed by atoms with Gasteiger partial charge in [-0.2, -0.15) is 0 Å². The summed E-state index contributed by atoms with van der Waals surface area (Å²) in [7, 11) is -3.71. The molecule has 2 aliphatic carbocycles. The third kappa shape index (κ3) is 3.08. The summed E-state index contributed by atoms with van der Waals surface area (Å²) in [6, 6.07) is 6.40. The molecule has 1 fully saturated rings. The standard InChI is InChI=1S/C16H19NO4S/c18-16(19)13-6-1-3-7-14(13)17-22(20,21)15-8-4-2-5-12(15)11-9-10-11/h1-5,8,11,13-14,17H,6-7,9-10H2,(H,18,19)/t13-,14+/m1/s1. The highest BCUT2D eigenvalue weighted by Crippen LogP contribution is 2.42. The molecule has 2 N–H and O–H groups in total. The van der Waals surface area contributed by atoms with Crippen LogP contribution in [0.15, 0.2) is 41.3 Å². The van der Waals surface area contributed by atoms with Crippen LogP contribution >= 0.6 is 0 Å². The number of carboxylic acids is 1. The van der Waals surface area contributed by atoms with Gasteiger partial charge >= 0.3 is 5.97 Å². The largest absolute Gasteiger partial charge is 0.481 e. The molecule has 0 amide bonds. The van der Waals surface area contributed by atoms with Crippen LogP contribution < -0.4 is 4.72 Å². The second-order valence-electron chi connectivity index (χ2n) is 5.93. The molecule has 0 aliphatic heterocycles. The van der Waals surface area contributed by atoms with Gasteiger partial charge < -0.3 is 5.11 Å². The van der Waals surface area contributed by atoms with E-state index in [-0.39, 0.29) is 4.90 Å². The molecule has 0 saturated heterocycles. The van der Waals surface area contributed by atoms with Gasteiger partial charge in [0.1, 0.15) is 0 Å². The molecule has 5 nitrogen and oxygen atoms in total. The van der Waals surface area contributed by atoms with Crippen molar-refractivity contribution in [1.29, 1.82) is 0 Å². The summed E-state index contributed by atoms with van der Waals surface area (Å²) in [6.07, 6.45) is 6.41. The predicted molar refractivity (Wildman–Crippen MR) is 82.0 cm³/mol. The number of nitrogens with one attached hydrogen (secondary N) is 1. The maximum absolute atomic E-state index is 12.7. The number of allylic oxidation sites excluding steroid dienone is 1. The molecule has 6 heteroatoms. The summed E-state index contributed by atoms with van der Waals surface area (Å²) < 4.78 is 28.0. The van der Waals surface area contributed by atoms with Gasteiger partial charge in [-0.25, -0.2) is 13.1 Å². The number of sulfonamides is 1. The quantitative estimate of drug-likeness (QED) is 0.815. The number of hydrogen-bond donors (Lipinski definition) is 2. The maximum Gasteiger partial charge on any atom is 0.308 e. The Kier molecular flexibility index (Phi) is 4.06. The van der Waals surface area contributed by atoms with Gasteiger partial charge in [0.25, 0.3) is 0 Å². The van der Waals surface area contributed by atoms with E-state index < -0.39 is 28.0 Å². The first-order valence-electron chi connectivity index (χ1n) is 7.48. The number of carbonyl (C=O) groups is 1. The van der Waals surface area contributed by atoms with E-state index in [1.165, 1.54) is 0 Å². The highest BCUT2D eigenvalue weighted by Gasteiger charge is 2.35. The van der Waals surface area contributed by atoms with Crippen LogP contribution in [0.2, 0.25) is 0 Å². The molecule has 1 saturated carbocycles. The van der Waals surface area contributed by atoms with E-state index >= 15 is 0 Å². The molecule has 3 rings (SSSR count). The summed E-state index contributed by atoms with van der Waals surface area (Å²) in [4.78, 5) is 11.6. The van der Waals surface area contributed by atoms with E-state index in [1.54, 1.807) is 18.2 Å². The lowest BCUT2D eigenvalue weighted by Crippen LogP contribution is -2.44. The summed E-state index contributed by atoms with van der Waals surface area (Å²) in [6.45, 7) is 0. The highest BCUT2D eigenvalue weighted by atomic mass is 32.2. The minimum absolute atomic E-state index is 0.288. The van der Waals surface area contributed by atoms with Crippen LogP contribution in [0.3, 0.4) is 0 Å². The molecule has 0 unspecified atom stereocenters. The molecule has 1 aromatic rings. The van der Waals surface area contributed by atoms with Crippen LogP contribution in [-0.2, 0) is 14.8 Å². The summed E-state index contributed by atoms with van der Waals surface area (Å²) in [5.74, 6) is -1.37. The lowest BCUT2D eigenvalue weighted by atomic mass is 9.90. The zero-order valence-corrected chi connectivity index (χ0v) is 12.9. The van der Waals surface area contributed by atoms with Crippen LogP contribution in [0.25, 0.3) is 0 Å². The van der Waals surface area contributed by atoms with Crippen LogP contribution in [0.1, 0.15) is 37.2 Å². The average molecular weight is 321 g/mol. The molecule has 2 aliphatic rings. The Hall–Kier alpha value is -1.66. The van der Waals surface area contributed by atoms with Crippen molar-refractivity contribution in [3.05, 3.63) is 42.0 Å². The Morgan fingerprint density at radius 2 is 1.82 bits per heavy atom. The first-order valence-corrected chi connectivity index (χ1v) is 8.96. The minimum Gasteiger partial charge on any atom is -0.481 e. The Labute approximate surface area is 130 Å². The van der Waals surface area contributed by atoms with Crippen molar-refractivity contribution in [3.8, 4) is 0 Å². The minimum atomic E-state index is -3.71.